The molecule has 20 heavy (non-hydrogen) atoms. The third kappa shape index (κ3) is 3.57. The molecular weight excluding hydrogens is 278 g/mol. The summed E-state index contributed by atoms with van der Waals surface area (Å²) in [5.41, 5.74) is 0.366. The number of nitrogens with zero attached hydrogens (tertiary/aromatic N) is 2. The molecule has 0 aliphatic carbocycles. The Hall–Kier alpha value is -1.88. The van der Waals surface area contributed by atoms with Crippen molar-refractivity contribution in [2.75, 3.05) is 0 Å². The first-order valence-electron chi connectivity index (χ1n) is 6.23. The molecular formula is C14H16ClN3O2. The predicted molar refractivity (Wildman–Crippen MR) is 76.0 cm³/mol. The molecule has 2 rings (SSSR count). The summed E-state index contributed by atoms with van der Waals surface area (Å²) < 4.78 is 5.10. The number of carbonyl (C=O) groups excluding carboxylic acids is 1. The number of benzene rings is 1. The SMILES string of the molecule is CC(C)(C)C(=O)NCc1nc(-c2ccc(Cl)cc2)no1. The summed E-state index contributed by atoms with van der Waals surface area (Å²) in [7, 11) is 0. The minimum Gasteiger partial charge on any atom is -0.347 e. The lowest BCUT2D eigenvalue weighted by Crippen LogP contribution is -2.34. The van der Waals surface area contributed by atoms with Gasteiger partial charge in [0, 0.05) is 16.0 Å². The van der Waals surface area contributed by atoms with Crippen LogP contribution in [-0.2, 0) is 11.3 Å². The van der Waals surface area contributed by atoms with Crippen LogP contribution >= 0.6 is 11.6 Å². The summed E-state index contributed by atoms with van der Waals surface area (Å²) in [6.45, 7) is 5.75. The Labute approximate surface area is 122 Å². The van der Waals surface area contributed by atoms with Crippen LogP contribution < -0.4 is 5.32 Å². The van der Waals surface area contributed by atoms with Crippen LogP contribution in [0.3, 0.4) is 0 Å². The fraction of sp³-hybridized carbons (Fsp3) is 0.357. The zero-order valence-electron chi connectivity index (χ0n) is 11.6. The Morgan fingerprint density at radius 2 is 1.95 bits per heavy atom. The highest BCUT2D eigenvalue weighted by atomic mass is 35.5. The van der Waals surface area contributed by atoms with Crippen LogP contribution in [0, 0.1) is 5.41 Å². The first kappa shape index (κ1) is 14.5. The summed E-state index contributed by atoms with van der Waals surface area (Å²) in [6, 6.07) is 7.14. The van der Waals surface area contributed by atoms with Crippen LogP contribution in [0.1, 0.15) is 26.7 Å². The van der Waals surface area contributed by atoms with E-state index < -0.39 is 5.41 Å². The van der Waals surface area contributed by atoms with Crippen molar-refractivity contribution in [3.8, 4) is 11.4 Å². The summed E-state index contributed by atoms with van der Waals surface area (Å²) in [5.74, 6) is 0.776. The Kier molecular flexibility index (Phi) is 4.09. The van der Waals surface area contributed by atoms with Crippen molar-refractivity contribution < 1.29 is 9.32 Å². The lowest BCUT2D eigenvalue weighted by Gasteiger charge is -2.16. The molecule has 0 saturated heterocycles. The Balaban J connectivity index is 2.03. The zero-order valence-corrected chi connectivity index (χ0v) is 12.4. The van der Waals surface area contributed by atoms with Gasteiger partial charge in [-0.3, -0.25) is 4.79 Å². The first-order valence-corrected chi connectivity index (χ1v) is 6.61. The van der Waals surface area contributed by atoms with Gasteiger partial charge in [0.2, 0.25) is 17.6 Å². The van der Waals surface area contributed by atoms with Gasteiger partial charge in [-0.25, -0.2) is 0 Å². The van der Waals surface area contributed by atoms with E-state index in [1.165, 1.54) is 0 Å². The molecule has 2 aromatic rings. The zero-order chi connectivity index (χ0) is 14.8. The molecule has 0 bridgehead atoms. The molecule has 0 unspecified atom stereocenters. The van der Waals surface area contributed by atoms with E-state index in [1.807, 2.05) is 32.9 Å². The Morgan fingerprint density at radius 3 is 2.55 bits per heavy atom. The topological polar surface area (TPSA) is 68.0 Å². The molecule has 1 amide bonds. The van der Waals surface area contributed by atoms with E-state index >= 15 is 0 Å². The second kappa shape index (κ2) is 5.63. The van der Waals surface area contributed by atoms with Crippen molar-refractivity contribution in [2.45, 2.75) is 27.3 Å². The van der Waals surface area contributed by atoms with Crippen LogP contribution in [0.5, 0.6) is 0 Å². The molecule has 1 N–H and O–H groups in total. The van der Waals surface area contributed by atoms with Gasteiger partial charge in [0.25, 0.3) is 0 Å². The lowest BCUT2D eigenvalue weighted by molar-refractivity contribution is -0.128. The summed E-state index contributed by atoms with van der Waals surface area (Å²) in [4.78, 5) is 16.0. The molecule has 6 heteroatoms. The van der Waals surface area contributed by atoms with Gasteiger partial charge in [-0.2, -0.15) is 4.98 Å². The molecule has 1 heterocycles. The smallest absolute Gasteiger partial charge is 0.246 e. The Bertz CT molecular complexity index is 600. The van der Waals surface area contributed by atoms with Gasteiger partial charge in [-0.1, -0.05) is 37.5 Å². The normalized spacial score (nSPS) is 11.4. The molecule has 0 saturated carbocycles. The highest BCUT2D eigenvalue weighted by Crippen LogP contribution is 2.19. The van der Waals surface area contributed by atoms with Gasteiger partial charge >= 0.3 is 0 Å². The molecule has 1 aromatic heterocycles. The Morgan fingerprint density at radius 1 is 1.30 bits per heavy atom. The maximum absolute atomic E-state index is 11.7. The van der Waals surface area contributed by atoms with Crippen molar-refractivity contribution in [2.24, 2.45) is 5.41 Å². The summed E-state index contributed by atoms with van der Waals surface area (Å²) in [5, 5.41) is 7.28. The quantitative estimate of drug-likeness (QED) is 0.944. The van der Waals surface area contributed by atoms with Gasteiger partial charge < -0.3 is 9.84 Å². The maximum atomic E-state index is 11.7. The average Bonchev–Trinajstić information content (AvgIpc) is 2.84. The standard InChI is InChI=1S/C14H16ClN3O2/c1-14(2,3)13(19)16-8-11-17-12(18-20-11)9-4-6-10(15)7-5-9/h4-7H,8H2,1-3H3,(H,16,19). The van der Waals surface area contributed by atoms with E-state index in [9.17, 15) is 4.79 Å². The molecule has 0 aliphatic rings. The number of aromatic nitrogens is 2. The van der Waals surface area contributed by atoms with Crippen LogP contribution in [0.25, 0.3) is 11.4 Å². The van der Waals surface area contributed by atoms with Crippen LogP contribution in [0.2, 0.25) is 5.02 Å². The molecule has 0 atom stereocenters. The van der Waals surface area contributed by atoms with E-state index in [2.05, 4.69) is 15.5 Å². The van der Waals surface area contributed by atoms with Gasteiger partial charge in [0.15, 0.2) is 0 Å². The van der Waals surface area contributed by atoms with E-state index in [-0.39, 0.29) is 12.5 Å². The van der Waals surface area contributed by atoms with Gasteiger partial charge in [-0.05, 0) is 24.3 Å². The number of nitrogens with one attached hydrogen (secondary N) is 1. The second-order valence-electron chi connectivity index (χ2n) is 5.45. The minimum absolute atomic E-state index is 0.0660. The number of carbonyl (C=O) groups is 1. The largest absolute Gasteiger partial charge is 0.347 e. The molecule has 1 aromatic carbocycles. The van der Waals surface area contributed by atoms with Crippen molar-refractivity contribution in [3.63, 3.8) is 0 Å². The molecule has 106 valence electrons. The van der Waals surface area contributed by atoms with Crippen molar-refractivity contribution in [1.29, 1.82) is 0 Å². The van der Waals surface area contributed by atoms with E-state index in [0.29, 0.717) is 16.7 Å². The third-order valence-electron chi connectivity index (χ3n) is 2.65. The predicted octanol–water partition coefficient (Wildman–Crippen LogP) is 3.05. The van der Waals surface area contributed by atoms with Crippen LogP contribution in [0.15, 0.2) is 28.8 Å². The molecule has 0 fully saturated rings. The van der Waals surface area contributed by atoms with Gasteiger partial charge in [0.05, 0.1) is 6.54 Å². The van der Waals surface area contributed by atoms with Crippen molar-refractivity contribution in [3.05, 3.63) is 35.2 Å². The molecule has 0 radical (unpaired) electrons. The molecule has 5 nitrogen and oxygen atoms in total. The van der Waals surface area contributed by atoms with Crippen LogP contribution in [-0.4, -0.2) is 16.0 Å². The highest BCUT2D eigenvalue weighted by Gasteiger charge is 2.21. The summed E-state index contributed by atoms with van der Waals surface area (Å²) >= 11 is 5.82. The number of rotatable bonds is 3. The van der Waals surface area contributed by atoms with Gasteiger partial charge in [0.1, 0.15) is 0 Å². The number of hydrogen-bond acceptors (Lipinski definition) is 4. The van der Waals surface area contributed by atoms with Crippen LogP contribution in [0.4, 0.5) is 0 Å². The fourth-order valence-electron chi connectivity index (χ4n) is 1.46. The maximum Gasteiger partial charge on any atom is 0.246 e. The number of halogens is 1. The average molecular weight is 294 g/mol. The third-order valence-corrected chi connectivity index (χ3v) is 2.90. The van der Waals surface area contributed by atoms with E-state index in [1.54, 1.807) is 12.1 Å². The number of amides is 1. The molecule has 0 spiro atoms. The fourth-order valence-corrected chi connectivity index (χ4v) is 1.59. The van der Waals surface area contributed by atoms with Crippen molar-refractivity contribution >= 4 is 17.5 Å². The second-order valence-corrected chi connectivity index (χ2v) is 5.89. The first-order chi connectivity index (χ1) is 9.36. The monoisotopic (exact) mass is 293 g/mol. The minimum atomic E-state index is -0.445. The number of hydrogen-bond donors (Lipinski definition) is 1. The van der Waals surface area contributed by atoms with E-state index in [0.717, 1.165) is 5.56 Å². The molecule has 0 aliphatic heterocycles. The lowest BCUT2D eigenvalue weighted by atomic mass is 9.96. The van der Waals surface area contributed by atoms with Crippen molar-refractivity contribution in [1.82, 2.24) is 15.5 Å². The summed E-state index contributed by atoms with van der Waals surface area (Å²) in [6.07, 6.45) is 0. The van der Waals surface area contributed by atoms with Gasteiger partial charge in [-0.15, -0.1) is 0 Å². The highest BCUT2D eigenvalue weighted by molar-refractivity contribution is 6.30. The van der Waals surface area contributed by atoms with E-state index in [4.69, 9.17) is 16.1 Å².